The molecular formula is C15H14N2S2. The van der Waals surface area contributed by atoms with Gasteiger partial charge in [-0.05, 0) is 47.7 Å². The molecule has 0 fully saturated rings. The Bertz CT molecular complexity index is 610. The number of nitrogens with zero attached hydrogens (tertiary/aromatic N) is 1. The second-order valence-corrected chi connectivity index (χ2v) is 7.34. The van der Waals surface area contributed by atoms with Crippen LogP contribution >= 0.6 is 23.1 Å². The molecule has 0 saturated heterocycles. The lowest BCUT2D eigenvalue weighted by Crippen LogP contribution is -2.18. The number of fused-ring (bicyclic) bond motifs is 1. The van der Waals surface area contributed by atoms with Crippen molar-refractivity contribution in [2.24, 2.45) is 0 Å². The summed E-state index contributed by atoms with van der Waals surface area (Å²) < 4.78 is 1.44. The quantitative estimate of drug-likeness (QED) is 0.872. The maximum absolute atomic E-state index is 8.82. The normalized spacial score (nSPS) is 21.5. The molecule has 2 heterocycles. The highest BCUT2D eigenvalue weighted by Gasteiger charge is 2.26. The first-order chi connectivity index (χ1) is 9.26. The summed E-state index contributed by atoms with van der Waals surface area (Å²) in [5.41, 5.74) is 3.20. The number of nitrogens with one attached hydrogen (secondary N) is 1. The van der Waals surface area contributed by atoms with Gasteiger partial charge in [0.15, 0.2) is 0 Å². The summed E-state index contributed by atoms with van der Waals surface area (Å²) in [4.78, 5) is 0. The summed E-state index contributed by atoms with van der Waals surface area (Å²) >= 11 is 3.80. The highest BCUT2D eigenvalue weighted by Crippen LogP contribution is 2.44. The van der Waals surface area contributed by atoms with E-state index >= 15 is 0 Å². The number of hydrogen-bond acceptors (Lipinski definition) is 4. The summed E-state index contributed by atoms with van der Waals surface area (Å²) in [7, 11) is 0. The van der Waals surface area contributed by atoms with Crippen molar-refractivity contribution in [1.82, 2.24) is 0 Å². The molecule has 0 saturated carbocycles. The van der Waals surface area contributed by atoms with Gasteiger partial charge in [0.25, 0.3) is 0 Å². The van der Waals surface area contributed by atoms with Crippen LogP contribution in [-0.2, 0) is 0 Å². The van der Waals surface area contributed by atoms with Crippen LogP contribution in [0.5, 0.6) is 0 Å². The van der Waals surface area contributed by atoms with Gasteiger partial charge in [-0.2, -0.15) is 5.26 Å². The van der Waals surface area contributed by atoms with E-state index in [-0.39, 0.29) is 0 Å². The van der Waals surface area contributed by atoms with Crippen LogP contribution in [0.2, 0.25) is 0 Å². The first-order valence-electron chi connectivity index (χ1n) is 6.27. The lowest BCUT2D eigenvalue weighted by atomic mass is 10.0. The van der Waals surface area contributed by atoms with Gasteiger partial charge < -0.3 is 5.32 Å². The number of anilines is 1. The number of hydrogen-bond donors (Lipinski definition) is 1. The zero-order valence-electron chi connectivity index (χ0n) is 10.6. The van der Waals surface area contributed by atoms with Gasteiger partial charge in [0.1, 0.15) is 0 Å². The van der Waals surface area contributed by atoms with Crippen molar-refractivity contribution in [2.45, 2.75) is 28.8 Å². The minimum Gasteiger partial charge on any atom is -0.378 e. The summed E-state index contributed by atoms with van der Waals surface area (Å²) in [6.07, 6.45) is 1.13. The Morgan fingerprint density at radius 2 is 2.05 bits per heavy atom. The lowest BCUT2D eigenvalue weighted by molar-refractivity contribution is 0.670. The fourth-order valence-electron chi connectivity index (χ4n) is 2.33. The van der Waals surface area contributed by atoms with E-state index in [0.29, 0.717) is 16.9 Å². The number of benzene rings is 1. The topological polar surface area (TPSA) is 35.8 Å². The molecule has 4 heteroatoms. The molecule has 0 aliphatic carbocycles. The molecule has 0 amide bonds. The fourth-order valence-corrected chi connectivity index (χ4v) is 4.89. The van der Waals surface area contributed by atoms with Crippen molar-refractivity contribution in [3.05, 3.63) is 46.8 Å². The van der Waals surface area contributed by atoms with Gasteiger partial charge in [-0.15, -0.1) is 23.1 Å². The Labute approximate surface area is 121 Å². The van der Waals surface area contributed by atoms with Gasteiger partial charge >= 0.3 is 0 Å². The van der Waals surface area contributed by atoms with Crippen molar-refractivity contribution in [3.8, 4) is 6.07 Å². The molecule has 2 aromatic rings. The van der Waals surface area contributed by atoms with Gasteiger partial charge in [0.05, 0.1) is 21.9 Å². The highest BCUT2D eigenvalue weighted by atomic mass is 32.2. The monoisotopic (exact) mass is 286 g/mol. The Hall–Kier alpha value is -1.44. The van der Waals surface area contributed by atoms with Crippen LogP contribution in [0.3, 0.4) is 0 Å². The smallest absolute Gasteiger partial charge is 0.0991 e. The third-order valence-electron chi connectivity index (χ3n) is 3.26. The average Bonchev–Trinajstić information content (AvgIpc) is 2.88. The van der Waals surface area contributed by atoms with E-state index in [9.17, 15) is 0 Å². The van der Waals surface area contributed by atoms with Gasteiger partial charge in [-0.25, -0.2) is 0 Å². The third-order valence-corrected chi connectivity index (χ3v) is 5.61. The van der Waals surface area contributed by atoms with Gasteiger partial charge in [0, 0.05) is 10.9 Å². The molecule has 0 radical (unpaired) electrons. The van der Waals surface area contributed by atoms with E-state index in [2.05, 4.69) is 29.8 Å². The molecule has 1 N–H and O–H groups in total. The Morgan fingerprint density at radius 3 is 2.79 bits per heavy atom. The molecule has 19 heavy (non-hydrogen) atoms. The molecule has 3 rings (SSSR count). The second kappa shape index (κ2) is 5.28. The van der Waals surface area contributed by atoms with E-state index < -0.39 is 0 Å². The predicted molar refractivity (Wildman–Crippen MR) is 81.8 cm³/mol. The van der Waals surface area contributed by atoms with Crippen LogP contribution in [0, 0.1) is 11.3 Å². The Balaban J connectivity index is 1.82. The highest BCUT2D eigenvalue weighted by molar-refractivity contribution is 8.01. The molecule has 1 unspecified atom stereocenters. The van der Waals surface area contributed by atoms with E-state index in [1.54, 1.807) is 0 Å². The van der Waals surface area contributed by atoms with Crippen LogP contribution < -0.4 is 5.32 Å². The van der Waals surface area contributed by atoms with E-state index in [0.717, 1.165) is 12.1 Å². The number of thiophene rings is 1. The number of thioether (sulfide) groups is 1. The van der Waals surface area contributed by atoms with Crippen LogP contribution in [0.25, 0.3) is 0 Å². The second-order valence-electron chi connectivity index (χ2n) is 4.71. The Kier molecular flexibility index (Phi) is 3.50. The zero-order valence-corrected chi connectivity index (χ0v) is 12.2. The molecular weight excluding hydrogens is 272 g/mol. The fraction of sp³-hybridized carbons (Fsp3) is 0.267. The van der Waals surface area contributed by atoms with Crippen molar-refractivity contribution in [3.63, 3.8) is 0 Å². The first-order valence-corrected chi connectivity index (χ1v) is 8.03. The molecule has 96 valence electrons. The van der Waals surface area contributed by atoms with Crippen molar-refractivity contribution < 1.29 is 0 Å². The van der Waals surface area contributed by atoms with E-state index in [4.69, 9.17) is 5.26 Å². The maximum Gasteiger partial charge on any atom is 0.0991 e. The van der Waals surface area contributed by atoms with Crippen molar-refractivity contribution in [2.75, 3.05) is 5.32 Å². The zero-order chi connectivity index (χ0) is 13.2. The largest absolute Gasteiger partial charge is 0.378 e. The Morgan fingerprint density at radius 1 is 1.26 bits per heavy atom. The summed E-state index contributed by atoms with van der Waals surface area (Å²) in [6.45, 7) is 2.28. The van der Waals surface area contributed by atoms with Gasteiger partial charge in [-0.1, -0.05) is 6.92 Å². The molecule has 2 nitrogen and oxygen atoms in total. The van der Waals surface area contributed by atoms with Crippen LogP contribution in [-0.4, -0.2) is 5.25 Å². The number of nitriles is 1. The predicted octanol–water partition coefficient (Wildman–Crippen LogP) is 4.66. The minimum atomic E-state index is 0.380. The number of rotatable bonds is 2. The van der Waals surface area contributed by atoms with E-state index in [1.807, 2.05) is 47.4 Å². The summed E-state index contributed by atoms with van der Waals surface area (Å²) in [5, 5.41) is 15.2. The van der Waals surface area contributed by atoms with Gasteiger partial charge in [-0.3, -0.25) is 0 Å². The van der Waals surface area contributed by atoms with Crippen LogP contribution in [0.15, 0.2) is 39.9 Å². The lowest BCUT2D eigenvalue weighted by Gasteiger charge is -2.28. The van der Waals surface area contributed by atoms with Crippen molar-refractivity contribution >= 4 is 28.8 Å². The molecule has 2 atom stereocenters. The van der Waals surface area contributed by atoms with Crippen LogP contribution in [0.4, 0.5) is 5.69 Å². The molecule has 1 aromatic heterocycles. The maximum atomic E-state index is 8.82. The molecule has 1 aromatic carbocycles. The molecule has 1 aliphatic rings. The minimum absolute atomic E-state index is 0.380. The van der Waals surface area contributed by atoms with Gasteiger partial charge in [0.2, 0.25) is 0 Å². The summed E-state index contributed by atoms with van der Waals surface area (Å²) in [6, 6.07) is 12.4. The van der Waals surface area contributed by atoms with Crippen molar-refractivity contribution in [1.29, 1.82) is 5.26 Å². The summed E-state index contributed by atoms with van der Waals surface area (Å²) in [5.74, 6) is 0. The molecule has 0 bridgehead atoms. The SMILES string of the molecule is C[C@H]1CC(Nc2ccc(C#N)cc2)c2ccsc2S1. The molecule has 1 aliphatic heterocycles. The standard InChI is InChI=1S/C15H14N2S2/c1-10-8-14(13-6-7-18-15(13)19-10)17-12-4-2-11(9-16)3-5-12/h2-7,10,14,17H,8H2,1H3/t10-,14?/m0/s1. The first kappa shape index (κ1) is 12.6. The van der Waals surface area contributed by atoms with Crippen LogP contribution in [0.1, 0.15) is 30.5 Å². The average molecular weight is 286 g/mol. The third kappa shape index (κ3) is 2.63. The molecule has 0 spiro atoms. The van der Waals surface area contributed by atoms with E-state index in [1.165, 1.54) is 9.77 Å².